The van der Waals surface area contributed by atoms with Crippen LogP contribution in [0.15, 0.2) is 52.9 Å². The Bertz CT molecular complexity index is 759. The van der Waals surface area contributed by atoms with Crippen LogP contribution in [-0.2, 0) is 12.1 Å². The molecule has 0 bridgehead atoms. The summed E-state index contributed by atoms with van der Waals surface area (Å²) in [5.74, 6) is 1.36. The number of aromatic nitrogens is 2. The van der Waals surface area contributed by atoms with Crippen LogP contribution in [0.4, 0.5) is 0 Å². The van der Waals surface area contributed by atoms with Crippen LogP contribution >= 0.6 is 0 Å². The van der Waals surface area contributed by atoms with Crippen molar-refractivity contribution in [3.63, 3.8) is 0 Å². The van der Waals surface area contributed by atoms with Crippen LogP contribution < -0.4 is 5.32 Å². The molecule has 3 aromatic rings. The van der Waals surface area contributed by atoms with Crippen molar-refractivity contribution in [2.75, 3.05) is 6.54 Å². The molecule has 0 saturated carbocycles. The summed E-state index contributed by atoms with van der Waals surface area (Å²) in [7, 11) is 0. The van der Waals surface area contributed by atoms with Crippen molar-refractivity contribution in [3.8, 4) is 11.3 Å². The predicted molar refractivity (Wildman–Crippen MR) is 88.7 cm³/mol. The molecule has 0 spiro atoms. The molecular formula is C18H21N3O2. The monoisotopic (exact) mass is 311 g/mol. The van der Waals surface area contributed by atoms with E-state index in [1.165, 1.54) is 0 Å². The van der Waals surface area contributed by atoms with Crippen LogP contribution in [0.2, 0.25) is 0 Å². The lowest BCUT2D eigenvalue weighted by Gasteiger charge is -2.21. The van der Waals surface area contributed by atoms with Gasteiger partial charge in [0.2, 0.25) is 0 Å². The molecule has 3 rings (SSSR count). The molecule has 120 valence electrons. The first-order valence-corrected chi connectivity index (χ1v) is 7.64. The first kappa shape index (κ1) is 15.5. The summed E-state index contributed by atoms with van der Waals surface area (Å²) in [6.45, 7) is 4.58. The quantitative estimate of drug-likeness (QED) is 0.654. The average molecular weight is 311 g/mol. The Morgan fingerprint density at radius 2 is 2.00 bits per heavy atom. The fourth-order valence-electron chi connectivity index (χ4n) is 2.46. The van der Waals surface area contributed by atoms with Crippen molar-refractivity contribution in [2.45, 2.75) is 26.0 Å². The van der Waals surface area contributed by atoms with Gasteiger partial charge in [0.15, 0.2) is 0 Å². The van der Waals surface area contributed by atoms with E-state index in [4.69, 9.17) is 4.42 Å². The van der Waals surface area contributed by atoms with E-state index < -0.39 is 5.60 Å². The molecule has 0 aliphatic carbocycles. The van der Waals surface area contributed by atoms with Crippen molar-refractivity contribution in [1.29, 1.82) is 0 Å². The number of H-pyrrole nitrogens is 1. The van der Waals surface area contributed by atoms with E-state index in [-0.39, 0.29) is 0 Å². The molecule has 5 nitrogen and oxygen atoms in total. The highest BCUT2D eigenvalue weighted by Crippen LogP contribution is 2.22. The lowest BCUT2D eigenvalue weighted by atomic mass is 10.0. The summed E-state index contributed by atoms with van der Waals surface area (Å²) < 4.78 is 5.50. The molecule has 0 fully saturated rings. The minimum Gasteiger partial charge on any atom is -0.463 e. The summed E-state index contributed by atoms with van der Waals surface area (Å²) in [6, 6.07) is 15.7. The Labute approximate surface area is 135 Å². The highest BCUT2D eigenvalue weighted by atomic mass is 16.4. The Balaban J connectivity index is 1.58. The Hall–Kier alpha value is -2.37. The SMILES string of the molecule is Cc1ccc(C(C)(O)CNCc2cc(-c3ccccc3)n[nH]2)o1. The predicted octanol–water partition coefficient (Wildman–Crippen LogP) is 2.98. The number of hydrogen-bond acceptors (Lipinski definition) is 4. The molecule has 1 atom stereocenters. The third-order valence-corrected chi connectivity index (χ3v) is 3.76. The summed E-state index contributed by atoms with van der Waals surface area (Å²) in [4.78, 5) is 0. The van der Waals surface area contributed by atoms with Gasteiger partial charge in [-0.15, -0.1) is 0 Å². The van der Waals surface area contributed by atoms with Gasteiger partial charge in [0.05, 0.1) is 5.69 Å². The van der Waals surface area contributed by atoms with E-state index in [1.807, 2.05) is 49.4 Å². The number of aromatic amines is 1. The largest absolute Gasteiger partial charge is 0.463 e. The highest BCUT2D eigenvalue weighted by Gasteiger charge is 2.26. The summed E-state index contributed by atoms with van der Waals surface area (Å²) in [5.41, 5.74) is 1.91. The van der Waals surface area contributed by atoms with E-state index in [2.05, 4.69) is 15.5 Å². The zero-order valence-corrected chi connectivity index (χ0v) is 13.3. The van der Waals surface area contributed by atoms with Crippen LogP contribution in [0.25, 0.3) is 11.3 Å². The molecule has 0 saturated heterocycles. The van der Waals surface area contributed by atoms with Crippen molar-refractivity contribution in [2.24, 2.45) is 0 Å². The van der Waals surface area contributed by atoms with Crippen LogP contribution in [0, 0.1) is 6.92 Å². The summed E-state index contributed by atoms with van der Waals surface area (Å²) >= 11 is 0. The number of nitrogens with one attached hydrogen (secondary N) is 2. The van der Waals surface area contributed by atoms with Gasteiger partial charge in [-0.3, -0.25) is 5.10 Å². The standard InChI is InChI=1S/C18H21N3O2/c1-13-8-9-17(23-13)18(2,22)12-19-11-15-10-16(21-20-15)14-6-4-3-5-7-14/h3-10,19,22H,11-12H2,1-2H3,(H,20,21). The van der Waals surface area contributed by atoms with E-state index >= 15 is 0 Å². The summed E-state index contributed by atoms with van der Waals surface area (Å²) in [5, 5.41) is 21.0. The van der Waals surface area contributed by atoms with Gasteiger partial charge in [-0.25, -0.2) is 0 Å². The maximum atomic E-state index is 10.5. The smallest absolute Gasteiger partial charge is 0.136 e. The number of nitrogens with zero attached hydrogens (tertiary/aromatic N) is 1. The number of hydrogen-bond donors (Lipinski definition) is 3. The number of rotatable bonds is 6. The Morgan fingerprint density at radius 1 is 1.22 bits per heavy atom. The second-order valence-electron chi connectivity index (χ2n) is 5.93. The molecule has 2 heterocycles. The fraction of sp³-hybridized carbons (Fsp3) is 0.278. The van der Waals surface area contributed by atoms with Gasteiger partial charge in [0.25, 0.3) is 0 Å². The molecule has 1 aromatic carbocycles. The van der Waals surface area contributed by atoms with Gasteiger partial charge in [0.1, 0.15) is 17.1 Å². The Kier molecular flexibility index (Phi) is 4.32. The molecule has 2 aromatic heterocycles. The normalized spacial score (nSPS) is 13.9. The van der Waals surface area contributed by atoms with Gasteiger partial charge in [-0.2, -0.15) is 5.10 Å². The van der Waals surface area contributed by atoms with Crippen molar-refractivity contribution in [3.05, 3.63) is 65.7 Å². The van der Waals surface area contributed by atoms with Gasteiger partial charge in [0, 0.05) is 24.3 Å². The maximum Gasteiger partial charge on any atom is 0.136 e. The second kappa shape index (κ2) is 6.40. The topological polar surface area (TPSA) is 74.1 Å². The first-order chi connectivity index (χ1) is 11.0. The third kappa shape index (κ3) is 3.70. The van der Waals surface area contributed by atoms with E-state index in [9.17, 15) is 5.11 Å². The molecule has 0 aliphatic rings. The average Bonchev–Trinajstić information content (AvgIpc) is 3.17. The van der Waals surface area contributed by atoms with Gasteiger partial charge in [-0.1, -0.05) is 30.3 Å². The van der Waals surface area contributed by atoms with Gasteiger partial charge < -0.3 is 14.8 Å². The Morgan fingerprint density at radius 3 is 2.70 bits per heavy atom. The van der Waals surface area contributed by atoms with Crippen LogP contribution in [-0.4, -0.2) is 21.8 Å². The minimum absolute atomic E-state index is 0.389. The first-order valence-electron chi connectivity index (χ1n) is 7.64. The van der Waals surface area contributed by atoms with E-state index in [1.54, 1.807) is 13.0 Å². The molecule has 0 aliphatic heterocycles. The molecular weight excluding hydrogens is 290 g/mol. The number of aryl methyl sites for hydroxylation is 1. The maximum absolute atomic E-state index is 10.5. The number of benzene rings is 1. The third-order valence-electron chi connectivity index (χ3n) is 3.76. The van der Waals surface area contributed by atoms with E-state index in [0.717, 1.165) is 22.7 Å². The fourth-order valence-corrected chi connectivity index (χ4v) is 2.46. The molecule has 1 unspecified atom stereocenters. The zero-order chi connectivity index (χ0) is 16.3. The zero-order valence-electron chi connectivity index (χ0n) is 13.3. The van der Waals surface area contributed by atoms with Gasteiger partial charge in [-0.05, 0) is 32.0 Å². The van der Waals surface area contributed by atoms with Gasteiger partial charge >= 0.3 is 0 Å². The molecule has 0 amide bonds. The molecule has 0 radical (unpaired) electrons. The molecule has 3 N–H and O–H groups in total. The molecule has 5 heteroatoms. The number of aliphatic hydroxyl groups is 1. The van der Waals surface area contributed by atoms with Crippen molar-refractivity contribution < 1.29 is 9.52 Å². The lowest BCUT2D eigenvalue weighted by Crippen LogP contribution is -2.34. The number of furan rings is 1. The summed E-state index contributed by atoms with van der Waals surface area (Å²) in [6.07, 6.45) is 0. The highest BCUT2D eigenvalue weighted by molar-refractivity contribution is 5.58. The van der Waals surface area contributed by atoms with Crippen molar-refractivity contribution in [1.82, 2.24) is 15.5 Å². The van der Waals surface area contributed by atoms with Crippen LogP contribution in [0.5, 0.6) is 0 Å². The van der Waals surface area contributed by atoms with E-state index in [0.29, 0.717) is 18.8 Å². The van der Waals surface area contributed by atoms with Crippen molar-refractivity contribution >= 4 is 0 Å². The molecule has 23 heavy (non-hydrogen) atoms. The van der Waals surface area contributed by atoms with Crippen LogP contribution in [0.3, 0.4) is 0 Å². The minimum atomic E-state index is -1.05. The lowest BCUT2D eigenvalue weighted by molar-refractivity contribution is 0.0332. The van der Waals surface area contributed by atoms with Crippen LogP contribution in [0.1, 0.15) is 24.1 Å². The second-order valence-corrected chi connectivity index (χ2v) is 5.93.